The average Bonchev–Trinajstić information content (AvgIpc) is 2.92. The number of phenolic OH excluding ortho intramolecular Hbond substituents is 2. The average molecular weight is 521 g/mol. The molecule has 0 saturated heterocycles. The molecule has 3 atom stereocenters. The number of anilines is 1. The van der Waals surface area contributed by atoms with E-state index in [4.69, 9.17) is 18.9 Å². The lowest BCUT2D eigenvalue weighted by Gasteiger charge is -2.40. The minimum atomic E-state index is -0.864. The van der Waals surface area contributed by atoms with Gasteiger partial charge in [0, 0.05) is 52.5 Å². The number of aromatic hydroxyl groups is 2. The number of fused-ring (bicyclic) bond motifs is 2. The number of aliphatic hydroxyl groups excluding tert-OH is 1. The fraction of sp³-hybridized carbons (Fsp3) is 0.379. The first-order chi connectivity index (χ1) is 18.4. The molecule has 0 aromatic heterocycles. The number of aliphatic hydroxyl groups is 1. The second kappa shape index (κ2) is 9.18. The van der Waals surface area contributed by atoms with Crippen molar-refractivity contribution in [2.45, 2.75) is 30.9 Å². The van der Waals surface area contributed by atoms with Crippen LogP contribution in [-0.4, -0.2) is 56.8 Å². The highest BCUT2D eigenvalue weighted by Crippen LogP contribution is 2.57. The molecule has 0 fully saturated rings. The number of hydrogen-bond acceptors (Lipinski definition) is 9. The van der Waals surface area contributed by atoms with E-state index in [1.54, 1.807) is 25.3 Å². The maximum Gasteiger partial charge on any atom is 0.200 e. The fourth-order valence-electron chi connectivity index (χ4n) is 6.35. The van der Waals surface area contributed by atoms with Gasteiger partial charge in [-0.15, -0.1) is 0 Å². The Balaban J connectivity index is 1.53. The van der Waals surface area contributed by atoms with E-state index < -0.39 is 12.0 Å². The highest BCUT2D eigenvalue weighted by atomic mass is 16.5. The molecule has 3 aromatic carbocycles. The molecule has 0 unspecified atom stereocenters. The number of nitrogens with one attached hydrogen (secondary N) is 2. The predicted octanol–water partition coefficient (Wildman–Crippen LogP) is 3.78. The first kappa shape index (κ1) is 24.5. The van der Waals surface area contributed by atoms with E-state index in [1.807, 2.05) is 13.1 Å². The van der Waals surface area contributed by atoms with Gasteiger partial charge < -0.3 is 44.9 Å². The maximum absolute atomic E-state index is 11.8. The normalized spacial score (nSPS) is 20.5. The maximum atomic E-state index is 11.8. The monoisotopic (exact) mass is 520 g/mol. The van der Waals surface area contributed by atoms with E-state index >= 15 is 0 Å². The van der Waals surface area contributed by atoms with Crippen molar-refractivity contribution in [3.8, 4) is 45.6 Å². The molecule has 200 valence electrons. The van der Waals surface area contributed by atoms with Crippen LogP contribution >= 0.6 is 0 Å². The molecule has 0 spiro atoms. The third-order valence-corrected chi connectivity index (χ3v) is 8.06. The van der Waals surface area contributed by atoms with Crippen molar-refractivity contribution in [2.24, 2.45) is 0 Å². The topological polar surface area (TPSA) is 122 Å². The largest absolute Gasteiger partial charge is 0.507 e. The van der Waals surface area contributed by atoms with Gasteiger partial charge in [-0.3, -0.25) is 0 Å². The van der Waals surface area contributed by atoms with E-state index in [0.29, 0.717) is 30.9 Å². The first-order valence-electron chi connectivity index (χ1n) is 12.7. The van der Waals surface area contributed by atoms with Crippen molar-refractivity contribution >= 4 is 5.69 Å². The Morgan fingerprint density at radius 1 is 0.921 bits per heavy atom. The van der Waals surface area contributed by atoms with Crippen LogP contribution in [0.2, 0.25) is 0 Å². The quantitative estimate of drug-likeness (QED) is 0.331. The lowest BCUT2D eigenvalue weighted by atomic mass is 9.73. The Morgan fingerprint density at radius 3 is 2.26 bits per heavy atom. The predicted molar refractivity (Wildman–Crippen MR) is 142 cm³/mol. The van der Waals surface area contributed by atoms with Crippen LogP contribution in [0.15, 0.2) is 24.3 Å². The Hall–Kier alpha value is -3.82. The zero-order valence-electron chi connectivity index (χ0n) is 21.8. The summed E-state index contributed by atoms with van der Waals surface area (Å²) in [4.78, 5) is 0. The highest BCUT2D eigenvalue weighted by Gasteiger charge is 2.41. The second-order valence-electron chi connectivity index (χ2n) is 9.95. The van der Waals surface area contributed by atoms with Gasteiger partial charge in [-0.25, -0.2) is 0 Å². The lowest BCUT2D eigenvalue weighted by Crippen LogP contribution is -2.31. The van der Waals surface area contributed by atoms with Crippen molar-refractivity contribution in [1.29, 1.82) is 0 Å². The highest BCUT2D eigenvalue weighted by molar-refractivity contribution is 5.94. The molecule has 5 N–H and O–H groups in total. The zero-order valence-corrected chi connectivity index (χ0v) is 21.8. The van der Waals surface area contributed by atoms with Gasteiger partial charge in [0.05, 0.1) is 40.1 Å². The summed E-state index contributed by atoms with van der Waals surface area (Å²) in [7, 11) is 6.46. The van der Waals surface area contributed by atoms with Gasteiger partial charge in [-0.2, -0.15) is 0 Å². The van der Waals surface area contributed by atoms with Crippen LogP contribution in [0.3, 0.4) is 0 Å². The van der Waals surface area contributed by atoms with Gasteiger partial charge in [0.25, 0.3) is 0 Å². The summed E-state index contributed by atoms with van der Waals surface area (Å²) in [6.07, 6.45) is 0.531. The van der Waals surface area contributed by atoms with E-state index in [0.717, 1.165) is 44.6 Å². The van der Waals surface area contributed by atoms with Crippen LogP contribution in [0, 0.1) is 0 Å². The molecule has 3 aromatic rings. The molecule has 38 heavy (non-hydrogen) atoms. The number of hydrogen-bond donors (Lipinski definition) is 5. The number of methoxy groups -OCH3 is 3. The molecule has 2 heterocycles. The third kappa shape index (κ3) is 3.45. The molecule has 2 aliphatic heterocycles. The van der Waals surface area contributed by atoms with Gasteiger partial charge in [-0.05, 0) is 48.7 Å². The Kier molecular flexibility index (Phi) is 5.92. The van der Waals surface area contributed by atoms with Crippen LogP contribution in [0.5, 0.6) is 34.5 Å². The summed E-state index contributed by atoms with van der Waals surface area (Å²) in [6.45, 7) is 0.869. The van der Waals surface area contributed by atoms with Crippen molar-refractivity contribution in [3.05, 3.63) is 52.1 Å². The smallest absolute Gasteiger partial charge is 0.200 e. The van der Waals surface area contributed by atoms with Gasteiger partial charge in [0.2, 0.25) is 5.75 Å². The van der Waals surface area contributed by atoms with Gasteiger partial charge in [0.15, 0.2) is 11.5 Å². The standard InChI is InChI=1S/C29H32N2O7/c1-30-11-18-27-19(32)10-20(35-2)14-5-6-15-24(26(14)27)17(31-18)9-21-25(15)28(33)16(12-38-21)13-7-22(36-3)29(34)23(8-13)37-4/h7-10,16,18,28,30-34H,5-6,11-12H2,1-4H3/t16-,18-,28-/m0/s1. The molecular weight excluding hydrogens is 488 g/mol. The van der Waals surface area contributed by atoms with Crippen LogP contribution < -0.4 is 29.6 Å². The van der Waals surface area contributed by atoms with Crippen LogP contribution in [0.4, 0.5) is 5.69 Å². The van der Waals surface area contributed by atoms with Crippen molar-refractivity contribution in [3.63, 3.8) is 0 Å². The first-order valence-corrected chi connectivity index (χ1v) is 12.7. The number of phenols is 2. The molecule has 0 radical (unpaired) electrons. The molecule has 0 amide bonds. The fourth-order valence-corrected chi connectivity index (χ4v) is 6.35. The molecule has 1 aliphatic carbocycles. The lowest BCUT2D eigenvalue weighted by molar-refractivity contribution is 0.0878. The summed E-state index contributed by atoms with van der Waals surface area (Å²) >= 11 is 0. The number of rotatable bonds is 6. The zero-order chi connectivity index (χ0) is 26.7. The number of ether oxygens (including phenoxy) is 4. The molecular formula is C29H32N2O7. The number of likely N-dealkylation sites (N-methyl/N-ethyl adjacent to an activating group) is 1. The minimum Gasteiger partial charge on any atom is -0.507 e. The third-order valence-electron chi connectivity index (χ3n) is 8.06. The molecule has 0 bridgehead atoms. The number of benzene rings is 3. The summed E-state index contributed by atoms with van der Waals surface area (Å²) in [6, 6.07) is 6.94. The Labute approximate surface area is 220 Å². The Bertz CT molecular complexity index is 1410. The van der Waals surface area contributed by atoms with E-state index in [2.05, 4.69) is 10.6 Å². The van der Waals surface area contributed by atoms with Gasteiger partial charge in [-0.1, -0.05) is 0 Å². The minimum absolute atomic E-state index is 0.0883. The van der Waals surface area contributed by atoms with Crippen LogP contribution in [0.25, 0.3) is 11.1 Å². The molecule has 3 aliphatic rings. The van der Waals surface area contributed by atoms with E-state index in [-0.39, 0.29) is 35.6 Å². The van der Waals surface area contributed by atoms with Gasteiger partial charge >= 0.3 is 0 Å². The second-order valence-corrected chi connectivity index (χ2v) is 9.95. The SMILES string of the molecule is CNC[C@@H]1Nc2cc3c(c4c2-c2c(c(OC)cc(O)c21)CC4)[C@@H](O)[C@H](c1cc(OC)c(O)c(OC)c1)CO3. The van der Waals surface area contributed by atoms with Crippen LogP contribution in [0.1, 0.15) is 45.9 Å². The Morgan fingerprint density at radius 2 is 1.61 bits per heavy atom. The summed E-state index contributed by atoms with van der Waals surface area (Å²) in [5.74, 6) is 1.54. The summed E-state index contributed by atoms with van der Waals surface area (Å²) in [5, 5.41) is 40.1. The van der Waals surface area contributed by atoms with Crippen LogP contribution in [-0.2, 0) is 12.8 Å². The summed E-state index contributed by atoms with van der Waals surface area (Å²) < 4.78 is 22.7. The molecule has 0 saturated carbocycles. The van der Waals surface area contributed by atoms with E-state index in [9.17, 15) is 15.3 Å². The van der Waals surface area contributed by atoms with Crippen molar-refractivity contribution in [2.75, 3.05) is 46.8 Å². The summed E-state index contributed by atoms with van der Waals surface area (Å²) in [5.41, 5.74) is 7.25. The molecule has 9 heteroatoms. The van der Waals surface area contributed by atoms with Crippen molar-refractivity contribution < 1.29 is 34.3 Å². The van der Waals surface area contributed by atoms with E-state index in [1.165, 1.54) is 14.2 Å². The molecule has 6 rings (SSSR count). The molecule has 9 nitrogen and oxygen atoms in total. The van der Waals surface area contributed by atoms with Crippen molar-refractivity contribution in [1.82, 2.24) is 5.32 Å². The van der Waals surface area contributed by atoms with Gasteiger partial charge in [0.1, 0.15) is 17.2 Å².